The van der Waals surface area contributed by atoms with Crippen molar-refractivity contribution in [3.63, 3.8) is 0 Å². The molecule has 0 unspecified atom stereocenters. The Hall–Kier alpha value is -1.36. The van der Waals surface area contributed by atoms with Crippen LogP contribution in [0.2, 0.25) is 0 Å². The lowest BCUT2D eigenvalue weighted by Gasteiger charge is -2.22. The Kier molecular flexibility index (Phi) is 6.23. The first-order chi connectivity index (χ1) is 10.2. The molecule has 0 amide bonds. The maximum absolute atomic E-state index is 12.2. The van der Waals surface area contributed by atoms with E-state index in [2.05, 4.69) is 24.1 Å². The summed E-state index contributed by atoms with van der Waals surface area (Å²) < 4.78 is 7.55. The van der Waals surface area contributed by atoms with E-state index in [-0.39, 0.29) is 5.56 Å². The lowest BCUT2D eigenvalue weighted by Crippen LogP contribution is -2.27. The van der Waals surface area contributed by atoms with E-state index in [4.69, 9.17) is 4.74 Å². The lowest BCUT2D eigenvalue weighted by molar-refractivity contribution is 0.0347. The zero-order valence-electron chi connectivity index (χ0n) is 13.2. The van der Waals surface area contributed by atoms with E-state index < -0.39 is 0 Å². The summed E-state index contributed by atoms with van der Waals surface area (Å²) in [6.07, 6.45) is 10.1. The van der Waals surface area contributed by atoms with Crippen molar-refractivity contribution in [2.24, 2.45) is 5.92 Å². The van der Waals surface area contributed by atoms with Crippen molar-refractivity contribution < 1.29 is 4.74 Å². The summed E-state index contributed by atoms with van der Waals surface area (Å²) in [6, 6.07) is 0. The summed E-state index contributed by atoms with van der Waals surface area (Å²) in [5.74, 6) is 0.859. The molecule has 1 aliphatic rings. The van der Waals surface area contributed by atoms with Crippen LogP contribution in [0.15, 0.2) is 17.2 Å². The molecule has 1 heterocycles. The van der Waals surface area contributed by atoms with Crippen LogP contribution in [0.5, 0.6) is 0 Å². The molecule has 1 aromatic rings. The molecule has 0 atom stereocenters. The van der Waals surface area contributed by atoms with Gasteiger partial charge in [0.05, 0.1) is 12.7 Å². The van der Waals surface area contributed by atoms with Crippen LogP contribution in [0, 0.1) is 5.92 Å². The molecule has 5 nitrogen and oxygen atoms in total. The molecule has 1 aliphatic carbocycles. The second kappa shape index (κ2) is 8.17. The van der Waals surface area contributed by atoms with Crippen molar-refractivity contribution in [3.05, 3.63) is 22.7 Å². The molecular formula is C16H27N3O2. The number of hydrogen-bond acceptors (Lipinski definition) is 4. The maximum atomic E-state index is 12.2. The Balaban J connectivity index is 1.78. The predicted molar refractivity (Wildman–Crippen MR) is 84.6 cm³/mol. The van der Waals surface area contributed by atoms with Gasteiger partial charge in [-0.2, -0.15) is 0 Å². The standard InChI is InChI=1S/C16H27N3O2/c1-13(2)12-19-10-8-17-15(16(19)20)18-9-11-21-14-6-4-3-5-7-14/h8,10,13-14H,3-7,9,11-12H2,1-2H3,(H,17,18). The molecule has 21 heavy (non-hydrogen) atoms. The molecule has 1 aromatic heterocycles. The highest BCUT2D eigenvalue weighted by Gasteiger charge is 2.13. The SMILES string of the molecule is CC(C)Cn1ccnc(NCCOC2CCCCC2)c1=O. The van der Waals surface area contributed by atoms with Gasteiger partial charge < -0.3 is 14.6 Å². The van der Waals surface area contributed by atoms with Gasteiger partial charge in [0.25, 0.3) is 5.56 Å². The summed E-state index contributed by atoms with van der Waals surface area (Å²) in [6.45, 7) is 6.17. The first kappa shape index (κ1) is 16.0. The van der Waals surface area contributed by atoms with Crippen molar-refractivity contribution in [1.29, 1.82) is 0 Å². The monoisotopic (exact) mass is 293 g/mol. The van der Waals surface area contributed by atoms with Gasteiger partial charge >= 0.3 is 0 Å². The summed E-state index contributed by atoms with van der Waals surface area (Å²) >= 11 is 0. The number of ether oxygens (including phenoxy) is 1. The lowest BCUT2D eigenvalue weighted by atomic mass is 9.98. The van der Waals surface area contributed by atoms with Gasteiger partial charge in [-0.05, 0) is 18.8 Å². The molecule has 0 saturated heterocycles. The molecule has 0 aliphatic heterocycles. The number of anilines is 1. The van der Waals surface area contributed by atoms with Crippen LogP contribution >= 0.6 is 0 Å². The molecule has 0 aromatic carbocycles. The van der Waals surface area contributed by atoms with Gasteiger partial charge in [0.1, 0.15) is 0 Å². The normalized spacial score (nSPS) is 16.3. The van der Waals surface area contributed by atoms with E-state index in [1.165, 1.54) is 32.1 Å². The first-order valence-corrected chi connectivity index (χ1v) is 8.07. The molecular weight excluding hydrogens is 266 g/mol. The third-order valence-corrected chi connectivity index (χ3v) is 3.78. The minimum atomic E-state index is -0.0520. The topological polar surface area (TPSA) is 56.1 Å². The van der Waals surface area contributed by atoms with Gasteiger partial charge in [0.15, 0.2) is 5.82 Å². The molecule has 0 spiro atoms. The molecule has 2 rings (SSSR count). The zero-order valence-corrected chi connectivity index (χ0v) is 13.2. The number of hydrogen-bond donors (Lipinski definition) is 1. The number of rotatable bonds is 7. The van der Waals surface area contributed by atoms with Gasteiger partial charge in [-0.1, -0.05) is 33.1 Å². The van der Waals surface area contributed by atoms with E-state index in [0.717, 1.165) is 0 Å². The average molecular weight is 293 g/mol. The highest BCUT2D eigenvalue weighted by molar-refractivity contribution is 5.30. The fourth-order valence-corrected chi connectivity index (χ4v) is 2.73. The average Bonchev–Trinajstić information content (AvgIpc) is 2.48. The predicted octanol–water partition coefficient (Wildman–Crippen LogP) is 2.66. The summed E-state index contributed by atoms with van der Waals surface area (Å²) in [5, 5.41) is 3.10. The third-order valence-electron chi connectivity index (χ3n) is 3.78. The molecule has 5 heteroatoms. The Bertz CT molecular complexity index is 479. The van der Waals surface area contributed by atoms with E-state index in [1.54, 1.807) is 17.0 Å². The van der Waals surface area contributed by atoms with Crippen LogP contribution in [-0.4, -0.2) is 28.8 Å². The van der Waals surface area contributed by atoms with Crippen molar-refractivity contribution >= 4 is 5.82 Å². The fraction of sp³-hybridized carbons (Fsp3) is 0.750. The van der Waals surface area contributed by atoms with Crippen LogP contribution in [0.3, 0.4) is 0 Å². The Labute approximate surface area is 126 Å². The Morgan fingerprint density at radius 2 is 2.14 bits per heavy atom. The van der Waals surface area contributed by atoms with Crippen LogP contribution in [0.1, 0.15) is 46.0 Å². The van der Waals surface area contributed by atoms with Crippen molar-refractivity contribution in [2.75, 3.05) is 18.5 Å². The molecule has 1 saturated carbocycles. The van der Waals surface area contributed by atoms with Crippen LogP contribution < -0.4 is 10.9 Å². The number of nitrogens with one attached hydrogen (secondary N) is 1. The third kappa shape index (κ3) is 5.16. The first-order valence-electron chi connectivity index (χ1n) is 8.07. The molecule has 0 bridgehead atoms. The highest BCUT2D eigenvalue weighted by Crippen LogP contribution is 2.19. The zero-order chi connectivity index (χ0) is 15.1. The second-order valence-corrected chi connectivity index (χ2v) is 6.18. The van der Waals surface area contributed by atoms with Crippen LogP contribution in [0.4, 0.5) is 5.82 Å². The minimum Gasteiger partial charge on any atom is -0.376 e. The minimum absolute atomic E-state index is 0.0520. The largest absolute Gasteiger partial charge is 0.376 e. The van der Waals surface area contributed by atoms with E-state index in [1.807, 2.05) is 0 Å². The van der Waals surface area contributed by atoms with Gasteiger partial charge in [0.2, 0.25) is 0 Å². The van der Waals surface area contributed by atoms with Crippen LogP contribution in [-0.2, 0) is 11.3 Å². The maximum Gasteiger partial charge on any atom is 0.293 e. The summed E-state index contributed by atoms with van der Waals surface area (Å²) in [7, 11) is 0. The summed E-state index contributed by atoms with van der Waals surface area (Å²) in [4.78, 5) is 16.3. The molecule has 1 fully saturated rings. The quantitative estimate of drug-likeness (QED) is 0.785. The Morgan fingerprint density at radius 1 is 1.38 bits per heavy atom. The number of aromatic nitrogens is 2. The van der Waals surface area contributed by atoms with Gasteiger partial charge in [-0.25, -0.2) is 4.98 Å². The van der Waals surface area contributed by atoms with E-state index >= 15 is 0 Å². The van der Waals surface area contributed by atoms with Crippen molar-refractivity contribution in [3.8, 4) is 0 Å². The smallest absolute Gasteiger partial charge is 0.293 e. The highest BCUT2D eigenvalue weighted by atomic mass is 16.5. The second-order valence-electron chi connectivity index (χ2n) is 6.18. The molecule has 1 N–H and O–H groups in total. The van der Waals surface area contributed by atoms with Gasteiger partial charge in [-0.3, -0.25) is 4.79 Å². The Morgan fingerprint density at radius 3 is 2.86 bits per heavy atom. The number of nitrogens with zero attached hydrogens (tertiary/aromatic N) is 2. The fourth-order valence-electron chi connectivity index (χ4n) is 2.73. The van der Waals surface area contributed by atoms with Gasteiger partial charge in [0, 0.05) is 25.5 Å². The van der Waals surface area contributed by atoms with E-state index in [9.17, 15) is 4.79 Å². The van der Waals surface area contributed by atoms with Crippen molar-refractivity contribution in [1.82, 2.24) is 9.55 Å². The van der Waals surface area contributed by atoms with Crippen molar-refractivity contribution in [2.45, 2.75) is 58.6 Å². The van der Waals surface area contributed by atoms with Gasteiger partial charge in [-0.15, -0.1) is 0 Å². The van der Waals surface area contributed by atoms with E-state index in [0.29, 0.717) is 37.5 Å². The summed E-state index contributed by atoms with van der Waals surface area (Å²) in [5.41, 5.74) is -0.0520. The molecule has 118 valence electrons. The molecule has 0 radical (unpaired) electrons. The van der Waals surface area contributed by atoms with Crippen LogP contribution in [0.25, 0.3) is 0 Å².